The highest BCUT2D eigenvalue weighted by molar-refractivity contribution is 5.36. The molecule has 2 N–H and O–H groups in total. The molecule has 1 aromatic rings. The topological polar surface area (TPSA) is 45.2 Å². The second-order valence-corrected chi connectivity index (χ2v) is 4.77. The van der Waals surface area contributed by atoms with Gasteiger partial charge in [0.1, 0.15) is 5.82 Å². The number of rotatable bonds is 3. The first-order valence-electron chi connectivity index (χ1n) is 6.08. The van der Waals surface area contributed by atoms with Crippen molar-refractivity contribution in [1.29, 1.82) is 0 Å². The van der Waals surface area contributed by atoms with Crippen LogP contribution in [-0.2, 0) is 0 Å². The Morgan fingerprint density at radius 3 is 2.81 bits per heavy atom. The van der Waals surface area contributed by atoms with Crippen LogP contribution in [0.3, 0.4) is 0 Å². The third kappa shape index (κ3) is 3.20. The highest BCUT2D eigenvalue weighted by Gasteiger charge is 2.18. The fourth-order valence-electron chi connectivity index (χ4n) is 2.23. The third-order valence-corrected chi connectivity index (χ3v) is 3.30. The Labute approximate surface area is 96.9 Å². The molecule has 1 aliphatic rings. The molecule has 1 saturated carbocycles. The van der Waals surface area contributed by atoms with Crippen LogP contribution in [0.5, 0.6) is 0 Å². The summed E-state index contributed by atoms with van der Waals surface area (Å²) in [6, 6.07) is 4.07. The van der Waals surface area contributed by atoms with E-state index in [0.717, 1.165) is 38.0 Å². The summed E-state index contributed by atoms with van der Waals surface area (Å²) >= 11 is 0. The van der Waals surface area contributed by atoms with Crippen LogP contribution in [0.4, 0.5) is 5.82 Å². The average molecular weight is 220 g/mol. The smallest absolute Gasteiger partial charge is 0.126 e. The van der Waals surface area contributed by atoms with E-state index in [4.69, 9.17) is 0 Å². The normalized spacial score (nSPS) is 25.4. The van der Waals surface area contributed by atoms with Gasteiger partial charge in [0.15, 0.2) is 0 Å². The number of aromatic nitrogens is 1. The molecule has 0 radical (unpaired) electrons. The Balaban J connectivity index is 1.79. The third-order valence-electron chi connectivity index (χ3n) is 3.30. The van der Waals surface area contributed by atoms with Gasteiger partial charge in [-0.1, -0.05) is 0 Å². The van der Waals surface area contributed by atoms with Crippen molar-refractivity contribution < 1.29 is 5.11 Å². The number of aliphatic hydroxyl groups excluding tert-OH is 1. The molecule has 0 amide bonds. The molecule has 0 aromatic carbocycles. The minimum Gasteiger partial charge on any atom is -0.393 e. The first-order chi connectivity index (χ1) is 7.74. The standard InChI is InChI=1S/C13H20N2O/c1-10-6-7-14-13(8-10)15-9-11-2-4-12(16)5-3-11/h6-8,11-12,16H,2-5,9H2,1H3,(H,14,15). The summed E-state index contributed by atoms with van der Waals surface area (Å²) in [5, 5.41) is 12.8. The van der Waals surface area contributed by atoms with Gasteiger partial charge in [-0.05, 0) is 56.2 Å². The number of aryl methyl sites for hydroxylation is 1. The summed E-state index contributed by atoms with van der Waals surface area (Å²) < 4.78 is 0. The lowest BCUT2D eigenvalue weighted by Crippen LogP contribution is -2.23. The summed E-state index contributed by atoms with van der Waals surface area (Å²) in [5.41, 5.74) is 1.23. The molecule has 0 bridgehead atoms. The van der Waals surface area contributed by atoms with Crippen LogP contribution in [0.25, 0.3) is 0 Å². The van der Waals surface area contributed by atoms with E-state index in [9.17, 15) is 5.11 Å². The quantitative estimate of drug-likeness (QED) is 0.822. The van der Waals surface area contributed by atoms with Crippen LogP contribution in [-0.4, -0.2) is 22.7 Å². The largest absolute Gasteiger partial charge is 0.393 e. The van der Waals surface area contributed by atoms with E-state index >= 15 is 0 Å². The van der Waals surface area contributed by atoms with E-state index in [1.54, 1.807) is 0 Å². The highest BCUT2D eigenvalue weighted by Crippen LogP contribution is 2.24. The van der Waals surface area contributed by atoms with E-state index in [0.29, 0.717) is 5.92 Å². The zero-order chi connectivity index (χ0) is 11.4. The summed E-state index contributed by atoms with van der Waals surface area (Å²) in [6.07, 6.45) is 5.93. The maximum atomic E-state index is 9.42. The van der Waals surface area contributed by atoms with Gasteiger partial charge in [-0.3, -0.25) is 0 Å². The van der Waals surface area contributed by atoms with Crippen LogP contribution in [0, 0.1) is 12.8 Å². The molecular weight excluding hydrogens is 200 g/mol. The molecule has 0 unspecified atom stereocenters. The van der Waals surface area contributed by atoms with Gasteiger partial charge in [-0.25, -0.2) is 4.98 Å². The van der Waals surface area contributed by atoms with Gasteiger partial charge >= 0.3 is 0 Å². The molecule has 1 aromatic heterocycles. The zero-order valence-electron chi connectivity index (χ0n) is 9.82. The van der Waals surface area contributed by atoms with Gasteiger partial charge in [0.25, 0.3) is 0 Å². The van der Waals surface area contributed by atoms with Gasteiger partial charge < -0.3 is 10.4 Å². The van der Waals surface area contributed by atoms with Crippen LogP contribution >= 0.6 is 0 Å². The minimum atomic E-state index is -0.0617. The van der Waals surface area contributed by atoms with Gasteiger partial charge in [-0.2, -0.15) is 0 Å². The molecule has 16 heavy (non-hydrogen) atoms. The van der Waals surface area contributed by atoms with Gasteiger partial charge in [0.2, 0.25) is 0 Å². The van der Waals surface area contributed by atoms with Gasteiger partial charge in [-0.15, -0.1) is 0 Å². The molecule has 1 fully saturated rings. The number of hydrogen-bond donors (Lipinski definition) is 2. The predicted molar refractivity (Wildman–Crippen MR) is 65.4 cm³/mol. The summed E-state index contributed by atoms with van der Waals surface area (Å²) in [5.74, 6) is 1.65. The van der Waals surface area contributed by atoms with Crippen LogP contribution in [0.1, 0.15) is 31.2 Å². The number of hydrogen-bond acceptors (Lipinski definition) is 3. The van der Waals surface area contributed by atoms with Crippen molar-refractivity contribution in [3.8, 4) is 0 Å². The fourth-order valence-corrected chi connectivity index (χ4v) is 2.23. The molecule has 0 saturated heterocycles. The lowest BCUT2D eigenvalue weighted by atomic mass is 9.87. The number of aliphatic hydroxyl groups is 1. The first kappa shape index (κ1) is 11.4. The van der Waals surface area contributed by atoms with E-state index in [1.165, 1.54) is 5.56 Å². The van der Waals surface area contributed by atoms with Crippen molar-refractivity contribution in [2.45, 2.75) is 38.7 Å². The Hall–Kier alpha value is -1.09. The molecule has 88 valence electrons. The minimum absolute atomic E-state index is 0.0617. The van der Waals surface area contributed by atoms with Crippen molar-refractivity contribution in [3.63, 3.8) is 0 Å². The summed E-state index contributed by atoms with van der Waals surface area (Å²) in [6.45, 7) is 3.05. The Morgan fingerprint density at radius 1 is 1.38 bits per heavy atom. The molecule has 0 aliphatic heterocycles. The SMILES string of the molecule is Cc1ccnc(NCC2CCC(O)CC2)c1. The van der Waals surface area contributed by atoms with Crippen molar-refractivity contribution in [3.05, 3.63) is 23.9 Å². The molecule has 1 heterocycles. The number of anilines is 1. The first-order valence-corrected chi connectivity index (χ1v) is 6.08. The van der Waals surface area contributed by atoms with E-state index < -0.39 is 0 Å². The monoisotopic (exact) mass is 220 g/mol. The predicted octanol–water partition coefficient (Wildman–Crippen LogP) is 2.35. The molecule has 0 atom stereocenters. The molecule has 3 heteroatoms. The average Bonchev–Trinajstić information content (AvgIpc) is 2.28. The van der Waals surface area contributed by atoms with Crippen molar-refractivity contribution >= 4 is 5.82 Å². The maximum absolute atomic E-state index is 9.42. The Morgan fingerprint density at radius 2 is 2.12 bits per heavy atom. The van der Waals surface area contributed by atoms with Crippen molar-refractivity contribution in [2.75, 3.05) is 11.9 Å². The van der Waals surface area contributed by atoms with Crippen LogP contribution in [0.2, 0.25) is 0 Å². The molecular formula is C13H20N2O. The summed E-state index contributed by atoms with van der Waals surface area (Å²) in [7, 11) is 0. The summed E-state index contributed by atoms with van der Waals surface area (Å²) in [4.78, 5) is 4.28. The molecule has 0 spiro atoms. The Kier molecular flexibility index (Phi) is 3.78. The number of nitrogens with one attached hydrogen (secondary N) is 1. The molecule has 2 rings (SSSR count). The van der Waals surface area contributed by atoms with E-state index in [2.05, 4.69) is 23.3 Å². The fraction of sp³-hybridized carbons (Fsp3) is 0.615. The second kappa shape index (κ2) is 5.30. The lowest BCUT2D eigenvalue weighted by molar-refractivity contribution is 0.111. The Bertz CT molecular complexity index is 332. The van der Waals surface area contributed by atoms with Crippen molar-refractivity contribution in [1.82, 2.24) is 4.98 Å². The second-order valence-electron chi connectivity index (χ2n) is 4.77. The maximum Gasteiger partial charge on any atom is 0.126 e. The van der Waals surface area contributed by atoms with E-state index in [1.807, 2.05) is 12.3 Å². The highest BCUT2D eigenvalue weighted by atomic mass is 16.3. The van der Waals surface area contributed by atoms with Crippen molar-refractivity contribution in [2.24, 2.45) is 5.92 Å². The van der Waals surface area contributed by atoms with Gasteiger partial charge in [0, 0.05) is 12.7 Å². The van der Waals surface area contributed by atoms with Crippen LogP contribution in [0.15, 0.2) is 18.3 Å². The van der Waals surface area contributed by atoms with Crippen LogP contribution < -0.4 is 5.32 Å². The van der Waals surface area contributed by atoms with Gasteiger partial charge in [0.05, 0.1) is 6.10 Å². The van der Waals surface area contributed by atoms with E-state index in [-0.39, 0.29) is 6.10 Å². The lowest BCUT2D eigenvalue weighted by Gasteiger charge is -2.25. The number of pyridine rings is 1. The molecule has 3 nitrogen and oxygen atoms in total. The molecule has 1 aliphatic carbocycles. The number of nitrogens with zero attached hydrogens (tertiary/aromatic N) is 1. The zero-order valence-corrected chi connectivity index (χ0v) is 9.82.